The van der Waals surface area contributed by atoms with E-state index in [9.17, 15) is 9.18 Å². The van der Waals surface area contributed by atoms with Crippen molar-refractivity contribution < 1.29 is 18.4 Å². The van der Waals surface area contributed by atoms with Gasteiger partial charge in [-0.25, -0.2) is 9.07 Å². The highest BCUT2D eigenvalue weighted by Gasteiger charge is 2.31. The van der Waals surface area contributed by atoms with E-state index in [1.807, 2.05) is 0 Å². The molecule has 1 aliphatic rings. The van der Waals surface area contributed by atoms with Gasteiger partial charge in [0.2, 0.25) is 5.88 Å². The minimum absolute atomic E-state index is 0.0918. The largest absolute Gasteiger partial charge is 0.469 e. The molecule has 1 saturated heterocycles. The second-order valence-electron chi connectivity index (χ2n) is 7.38. The number of halogens is 1. The number of carbonyl (C=O) groups excluding carboxylic acids is 1. The number of nitrogens with two attached hydrogens (primary N) is 1. The van der Waals surface area contributed by atoms with E-state index in [4.69, 9.17) is 20.3 Å². The Bertz CT molecular complexity index is 1120. The third-order valence-electron chi connectivity index (χ3n) is 5.03. The zero-order valence-electron chi connectivity index (χ0n) is 16.9. The van der Waals surface area contributed by atoms with Gasteiger partial charge in [-0.3, -0.25) is 4.79 Å². The van der Waals surface area contributed by atoms with Gasteiger partial charge in [-0.2, -0.15) is 10.4 Å². The van der Waals surface area contributed by atoms with Crippen molar-refractivity contribution in [2.24, 2.45) is 5.73 Å². The highest BCUT2D eigenvalue weighted by molar-refractivity contribution is 5.92. The number of rotatable bonds is 5. The Kier molecular flexibility index (Phi) is 5.68. The van der Waals surface area contributed by atoms with Gasteiger partial charge >= 0.3 is 0 Å². The summed E-state index contributed by atoms with van der Waals surface area (Å²) in [5.74, 6) is 0.482. The number of benzene rings is 1. The molecule has 0 bridgehead atoms. The molecule has 0 saturated carbocycles. The number of piperidine rings is 1. The molecule has 4 rings (SSSR count). The highest BCUT2D eigenvalue weighted by atomic mass is 19.1. The highest BCUT2D eigenvalue weighted by Crippen LogP contribution is 2.23. The molecule has 9 nitrogen and oxygen atoms in total. The summed E-state index contributed by atoms with van der Waals surface area (Å²) in [6.07, 6.45) is -0.929. The van der Waals surface area contributed by atoms with Crippen molar-refractivity contribution in [3.05, 3.63) is 59.1 Å². The number of hydrogen-bond acceptors (Lipinski definition) is 7. The lowest BCUT2D eigenvalue weighted by molar-refractivity contribution is 0.0623. The molecule has 0 spiro atoms. The lowest BCUT2D eigenvalue weighted by Gasteiger charge is -2.32. The molecule has 31 heavy (non-hydrogen) atoms. The molecule has 1 aromatic carbocycles. The zero-order chi connectivity index (χ0) is 22.0. The molecular weight excluding hydrogens is 403 g/mol. The van der Waals surface area contributed by atoms with Crippen molar-refractivity contribution in [1.29, 1.82) is 5.26 Å². The van der Waals surface area contributed by atoms with Crippen LogP contribution in [0, 0.1) is 18.3 Å². The number of nitrogens with zero attached hydrogens (tertiary/aromatic N) is 5. The number of carbonyl (C=O) groups is 1. The van der Waals surface area contributed by atoms with Crippen LogP contribution in [0.4, 0.5) is 4.39 Å². The maximum absolute atomic E-state index is 13.7. The number of alkyl halides is 1. The molecule has 3 heterocycles. The van der Waals surface area contributed by atoms with Gasteiger partial charge in [0.05, 0.1) is 29.1 Å². The van der Waals surface area contributed by atoms with E-state index in [1.54, 1.807) is 37.3 Å². The van der Waals surface area contributed by atoms with E-state index < -0.39 is 12.2 Å². The smallest absolute Gasteiger partial charge is 0.274 e. The van der Waals surface area contributed by atoms with Crippen LogP contribution in [0.1, 0.15) is 33.9 Å². The van der Waals surface area contributed by atoms with Crippen molar-refractivity contribution in [2.45, 2.75) is 32.2 Å². The second-order valence-corrected chi connectivity index (χ2v) is 7.38. The van der Waals surface area contributed by atoms with Gasteiger partial charge in [0.25, 0.3) is 5.91 Å². The lowest BCUT2D eigenvalue weighted by Crippen LogP contribution is -2.51. The van der Waals surface area contributed by atoms with Crippen molar-refractivity contribution >= 4 is 5.91 Å². The Morgan fingerprint density at radius 3 is 2.81 bits per heavy atom. The van der Waals surface area contributed by atoms with Crippen molar-refractivity contribution in [3.63, 3.8) is 0 Å². The molecule has 0 aliphatic carbocycles. The Morgan fingerprint density at radius 2 is 2.16 bits per heavy atom. The molecule has 2 aromatic heterocycles. The average molecular weight is 424 g/mol. The van der Waals surface area contributed by atoms with Gasteiger partial charge in [0, 0.05) is 25.2 Å². The Hall–Kier alpha value is -3.71. The first-order chi connectivity index (χ1) is 14.9. The predicted molar refractivity (Wildman–Crippen MR) is 107 cm³/mol. The van der Waals surface area contributed by atoms with Crippen LogP contribution < -0.4 is 10.5 Å². The average Bonchev–Trinajstić information content (AvgIpc) is 3.40. The second kappa shape index (κ2) is 8.57. The molecule has 1 aliphatic heterocycles. The fourth-order valence-electron chi connectivity index (χ4n) is 3.36. The summed E-state index contributed by atoms with van der Waals surface area (Å²) >= 11 is 0. The number of ether oxygens (including phenoxy) is 1. The van der Waals surface area contributed by atoms with Crippen LogP contribution in [0.5, 0.6) is 5.88 Å². The molecule has 160 valence electrons. The molecule has 2 N–H and O–H groups in total. The van der Waals surface area contributed by atoms with Gasteiger partial charge in [-0.05, 0) is 37.6 Å². The number of nitriles is 1. The monoisotopic (exact) mass is 424 g/mol. The number of aromatic nitrogens is 3. The van der Waals surface area contributed by atoms with Crippen LogP contribution in [-0.4, -0.2) is 51.0 Å². The molecular formula is C21H21FN6O3. The summed E-state index contributed by atoms with van der Waals surface area (Å²) < 4.78 is 26.2. The maximum Gasteiger partial charge on any atom is 0.274 e. The van der Waals surface area contributed by atoms with Gasteiger partial charge in [0.15, 0.2) is 18.1 Å². The number of amides is 1. The van der Waals surface area contributed by atoms with Crippen LogP contribution in [0.2, 0.25) is 0 Å². The number of aryl methyl sites for hydroxylation is 1. The topological polar surface area (TPSA) is 123 Å². The SMILES string of the molecule is Cc1cc(COc2cc(C(=O)N3CC[C@@H](F)[C@@H](N)C3)nn2-c2ccc(C#N)cc2)on1. The van der Waals surface area contributed by atoms with E-state index >= 15 is 0 Å². The minimum atomic E-state index is -1.12. The summed E-state index contributed by atoms with van der Waals surface area (Å²) in [6, 6.07) is 11.3. The summed E-state index contributed by atoms with van der Waals surface area (Å²) in [6.45, 7) is 2.28. The third kappa shape index (κ3) is 4.41. The molecule has 1 amide bonds. The third-order valence-corrected chi connectivity index (χ3v) is 5.03. The van der Waals surface area contributed by atoms with E-state index in [0.717, 1.165) is 5.69 Å². The maximum atomic E-state index is 13.7. The first-order valence-electron chi connectivity index (χ1n) is 9.79. The van der Waals surface area contributed by atoms with Crippen LogP contribution in [0.25, 0.3) is 5.69 Å². The first-order valence-corrected chi connectivity index (χ1v) is 9.79. The summed E-state index contributed by atoms with van der Waals surface area (Å²) in [7, 11) is 0. The molecule has 1 fully saturated rings. The van der Waals surface area contributed by atoms with Crippen molar-refractivity contribution in [2.75, 3.05) is 13.1 Å². The van der Waals surface area contributed by atoms with E-state index in [0.29, 0.717) is 22.9 Å². The van der Waals surface area contributed by atoms with Crippen LogP contribution in [-0.2, 0) is 6.61 Å². The van der Waals surface area contributed by atoms with Crippen LogP contribution in [0.15, 0.2) is 40.9 Å². The van der Waals surface area contributed by atoms with Crippen molar-refractivity contribution in [3.8, 4) is 17.6 Å². The molecule has 10 heteroatoms. The predicted octanol–water partition coefficient (Wildman–Crippen LogP) is 2.13. The molecule has 0 unspecified atom stereocenters. The minimum Gasteiger partial charge on any atom is -0.469 e. The molecule has 3 aromatic rings. The van der Waals surface area contributed by atoms with Gasteiger partial charge < -0.3 is 19.9 Å². The van der Waals surface area contributed by atoms with E-state index in [1.165, 1.54) is 15.6 Å². The Morgan fingerprint density at radius 1 is 1.39 bits per heavy atom. The van der Waals surface area contributed by atoms with Gasteiger partial charge in [-0.1, -0.05) is 5.16 Å². The number of hydrogen-bond donors (Lipinski definition) is 1. The Labute approximate surface area is 177 Å². The van der Waals surface area contributed by atoms with Crippen molar-refractivity contribution in [1.82, 2.24) is 19.8 Å². The van der Waals surface area contributed by atoms with Crippen LogP contribution >= 0.6 is 0 Å². The van der Waals surface area contributed by atoms with Gasteiger partial charge in [-0.15, -0.1) is 0 Å². The van der Waals surface area contributed by atoms with Crippen LogP contribution in [0.3, 0.4) is 0 Å². The van der Waals surface area contributed by atoms with Gasteiger partial charge in [0.1, 0.15) is 6.17 Å². The summed E-state index contributed by atoms with van der Waals surface area (Å²) in [4.78, 5) is 14.5. The quantitative estimate of drug-likeness (QED) is 0.665. The van der Waals surface area contributed by atoms with E-state index in [2.05, 4.69) is 16.3 Å². The number of likely N-dealkylation sites (tertiary alicyclic amines) is 1. The van der Waals surface area contributed by atoms with E-state index in [-0.39, 0.29) is 37.7 Å². The summed E-state index contributed by atoms with van der Waals surface area (Å²) in [5, 5.41) is 17.3. The fourth-order valence-corrected chi connectivity index (χ4v) is 3.36. The zero-order valence-corrected chi connectivity index (χ0v) is 16.9. The Balaban J connectivity index is 1.62. The molecule has 0 radical (unpaired) electrons. The standard InChI is InChI=1S/C21H21FN6O3/c1-13-8-16(31-26-13)12-30-20-9-19(21(29)27-7-6-17(22)18(24)11-27)25-28(20)15-4-2-14(10-23)3-5-15/h2-5,8-9,17-18H,6-7,11-12,24H2,1H3/t17-,18+/m1/s1. The summed E-state index contributed by atoms with van der Waals surface area (Å²) in [5.41, 5.74) is 7.77. The normalized spacial score (nSPS) is 18.6. The lowest BCUT2D eigenvalue weighted by atomic mass is 10.0. The first kappa shape index (κ1) is 20.6. The molecule has 2 atom stereocenters. The fraction of sp³-hybridized carbons (Fsp3) is 0.333.